The van der Waals surface area contributed by atoms with Crippen LogP contribution in [0.5, 0.6) is 0 Å². The van der Waals surface area contributed by atoms with E-state index in [2.05, 4.69) is 50.2 Å². The maximum atomic E-state index is 11.6. The maximum absolute atomic E-state index is 11.6. The van der Waals surface area contributed by atoms with Gasteiger partial charge in [0.2, 0.25) is 0 Å². The number of carbonyl (C=O) groups is 1. The Morgan fingerprint density at radius 3 is 2.43 bits per heavy atom. The van der Waals surface area contributed by atoms with Crippen LogP contribution in [0.15, 0.2) is 48.0 Å². The molecule has 0 saturated heterocycles. The molecule has 8 nitrogen and oxygen atoms in total. The second-order valence-electron chi connectivity index (χ2n) is 7.96. The van der Waals surface area contributed by atoms with Gasteiger partial charge < -0.3 is 25.3 Å². The first-order valence-electron chi connectivity index (χ1n) is 10.4. The fourth-order valence-corrected chi connectivity index (χ4v) is 2.65. The van der Waals surface area contributed by atoms with Gasteiger partial charge in [-0.1, -0.05) is 24.3 Å². The van der Waals surface area contributed by atoms with Gasteiger partial charge in [0.05, 0.1) is 12.9 Å². The van der Waals surface area contributed by atoms with E-state index < -0.39 is 5.60 Å². The molecule has 0 atom stereocenters. The molecule has 0 bridgehead atoms. The molecule has 2 aromatic rings. The van der Waals surface area contributed by atoms with Crippen LogP contribution in [-0.2, 0) is 17.8 Å². The molecule has 1 amide bonds. The van der Waals surface area contributed by atoms with Crippen LogP contribution in [0.3, 0.4) is 0 Å². The smallest absolute Gasteiger partial charge is 0.407 e. The first-order valence-corrected chi connectivity index (χ1v) is 10.4. The number of benzene rings is 1. The molecule has 1 heterocycles. The predicted molar refractivity (Wildman–Crippen MR) is 119 cm³/mol. The molecule has 3 N–H and O–H groups in total. The van der Waals surface area contributed by atoms with Crippen molar-refractivity contribution in [3.63, 3.8) is 0 Å². The standard InChI is InChI=1S/C22H34N6O2/c1-5-24-20(25-11-6-12-26-21(29)30-22(2,3)4)27-15-18-7-9-19(10-8-18)16-28-14-13-23-17-28/h7-10,13-14,17H,5-6,11-12,15-16H2,1-4H3,(H,26,29)(H2,24,25,27). The zero-order chi connectivity index (χ0) is 21.8. The number of aliphatic imine (C=N–C) groups is 1. The molecule has 0 unspecified atom stereocenters. The lowest BCUT2D eigenvalue weighted by molar-refractivity contribution is 0.0527. The summed E-state index contributed by atoms with van der Waals surface area (Å²) in [5.41, 5.74) is 1.89. The molecule has 164 valence electrons. The van der Waals surface area contributed by atoms with E-state index in [0.29, 0.717) is 19.6 Å². The van der Waals surface area contributed by atoms with Crippen molar-refractivity contribution in [3.05, 3.63) is 54.1 Å². The Bertz CT molecular complexity index is 779. The van der Waals surface area contributed by atoms with E-state index in [4.69, 9.17) is 4.74 Å². The number of aromatic nitrogens is 2. The van der Waals surface area contributed by atoms with Crippen molar-refractivity contribution in [1.82, 2.24) is 25.5 Å². The maximum Gasteiger partial charge on any atom is 0.407 e. The lowest BCUT2D eigenvalue weighted by atomic mass is 10.1. The van der Waals surface area contributed by atoms with Gasteiger partial charge in [-0.15, -0.1) is 0 Å². The fourth-order valence-electron chi connectivity index (χ4n) is 2.65. The van der Waals surface area contributed by atoms with Gasteiger partial charge in [0, 0.05) is 38.6 Å². The Kier molecular flexibility index (Phi) is 9.18. The van der Waals surface area contributed by atoms with Crippen molar-refractivity contribution in [2.75, 3.05) is 19.6 Å². The molecule has 0 spiro atoms. The summed E-state index contributed by atoms with van der Waals surface area (Å²) in [4.78, 5) is 20.3. The quantitative estimate of drug-likeness (QED) is 0.333. The van der Waals surface area contributed by atoms with Crippen molar-refractivity contribution in [3.8, 4) is 0 Å². The number of guanidine groups is 1. The van der Waals surface area contributed by atoms with Crippen molar-refractivity contribution < 1.29 is 9.53 Å². The average Bonchev–Trinajstić information content (AvgIpc) is 3.18. The largest absolute Gasteiger partial charge is 0.444 e. The Hall–Kier alpha value is -3.03. The highest BCUT2D eigenvalue weighted by Crippen LogP contribution is 2.08. The Labute approximate surface area is 179 Å². The number of nitrogens with one attached hydrogen (secondary N) is 3. The van der Waals surface area contributed by atoms with Gasteiger partial charge >= 0.3 is 6.09 Å². The molecule has 0 saturated carbocycles. The third-order valence-electron chi connectivity index (χ3n) is 4.03. The van der Waals surface area contributed by atoms with Crippen molar-refractivity contribution in [2.45, 2.75) is 52.8 Å². The highest BCUT2D eigenvalue weighted by atomic mass is 16.6. The summed E-state index contributed by atoms with van der Waals surface area (Å²) in [5.74, 6) is 0.761. The van der Waals surface area contributed by atoms with Gasteiger partial charge in [0.15, 0.2) is 5.96 Å². The van der Waals surface area contributed by atoms with Gasteiger partial charge in [-0.05, 0) is 45.2 Å². The van der Waals surface area contributed by atoms with Gasteiger partial charge in [-0.25, -0.2) is 14.8 Å². The lowest BCUT2D eigenvalue weighted by Crippen LogP contribution is -2.39. The summed E-state index contributed by atoms with van der Waals surface area (Å²) in [5, 5.41) is 9.29. The molecule has 0 aliphatic heterocycles. The number of ether oxygens (including phenoxy) is 1. The van der Waals surface area contributed by atoms with Crippen molar-refractivity contribution in [2.24, 2.45) is 4.99 Å². The van der Waals surface area contributed by atoms with Crippen molar-refractivity contribution >= 4 is 12.1 Å². The second kappa shape index (κ2) is 11.8. The Balaban J connectivity index is 1.73. The van der Waals surface area contributed by atoms with Crippen LogP contribution < -0.4 is 16.0 Å². The molecular formula is C22H34N6O2. The highest BCUT2D eigenvalue weighted by Gasteiger charge is 2.15. The van der Waals surface area contributed by atoms with Crippen LogP contribution in [0.4, 0.5) is 4.79 Å². The molecule has 8 heteroatoms. The first kappa shape index (κ1) is 23.3. The zero-order valence-corrected chi connectivity index (χ0v) is 18.4. The number of alkyl carbamates (subject to hydrolysis) is 1. The summed E-state index contributed by atoms with van der Waals surface area (Å²) in [6.45, 7) is 11.0. The zero-order valence-electron chi connectivity index (χ0n) is 18.4. The summed E-state index contributed by atoms with van der Waals surface area (Å²) in [6, 6.07) is 8.44. The number of carbonyl (C=O) groups excluding carboxylic acids is 1. The van der Waals surface area contributed by atoms with Crippen LogP contribution in [0.2, 0.25) is 0 Å². The van der Waals surface area contributed by atoms with Crippen LogP contribution in [0, 0.1) is 0 Å². The van der Waals surface area contributed by atoms with E-state index >= 15 is 0 Å². The number of imidazole rings is 1. The number of nitrogens with zero attached hydrogens (tertiary/aromatic N) is 3. The number of hydrogen-bond donors (Lipinski definition) is 3. The van der Waals surface area contributed by atoms with Crippen LogP contribution in [-0.4, -0.2) is 46.8 Å². The van der Waals surface area contributed by atoms with Crippen LogP contribution in [0.25, 0.3) is 0 Å². The SMILES string of the molecule is CCNC(=NCc1ccc(Cn2ccnc2)cc1)NCCCNC(=O)OC(C)(C)C. The monoisotopic (exact) mass is 414 g/mol. The summed E-state index contributed by atoms with van der Waals surface area (Å²) >= 11 is 0. The minimum Gasteiger partial charge on any atom is -0.444 e. The fraction of sp³-hybridized carbons (Fsp3) is 0.500. The third kappa shape index (κ3) is 9.45. The van der Waals surface area contributed by atoms with Gasteiger partial charge in [-0.3, -0.25) is 0 Å². The molecule has 1 aromatic carbocycles. The average molecular weight is 415 g/mol. The minimum atomic E-state index is -0.481. The van der Waals surface area contributed by atoms with Crippen LogP contribution >= 0.6 is 0 Å². The van der Waals surface area contributed by atoms with Gasteiger partial charge in [0.1, 0.15) is 5.60 Å². The summed E-state index contributed by atoms with van der Waals surface area (Å²) < 4.78 is 7.26. The van der Waals surface area contributed by atoms with Gasteiger partial charge in [0.25, 0.3) is 0 Å². The molecule has 0 fully saturated rings. The highest BCUT2D eigenvalue weighted by molar-refractivity contribution is 5.79. The number of rotatable bonds is 9. The van der Waals surface area contributed by atoms with Crippen LogP contribution in [0.1, 0.15) is 45.2 Å². The summed E-state index contributed by atoms with van der Waals surface area (Å²) in [6.07, 6.45) is 5.93. The molecule has 0 radical (unpaired) electrons. The van der Waals surface area contributed by atoms with E-state index in [1.165, 1.54) is 5.56 Å². The van der Waals surface area contributed by atoms with Gasteiger partial charge in [-0.2, -0.15) is 0 Å². The molecule has 2 rings (SSSR count). The van der Waals surface area contributed by atoms with E-state index in [-0.39, 0.29) is 6.09 Å². The Morgan fingerprint density at radius 1 is 1.10 bits per heavy atom. The van der Waals surface area contributed by atoms with E-state index in [0.717, 1.165) is 31.0 Å². The molecular weight excluding hydrogens is 380 g/mol. The number of amides is 1. The Morgan fingerprint density at radius 2 is 1.80 bits per heavy atom. The molecule has 1 aromatic heterocycles. The van der Waals surface area contributed by atoms with E-state index in [1.54, 1.807) is 6.20 Å². The second-order valence-corrected chi connectivity index (χ2v) is 7.96. The molecule has 0 aliphatic carbocycles. The molecule has 30 heavy (non-hydrogen) atoms. The summed E-state index contributed by atoms with van der Waals surface area (Å²) in [7, 11) is 0. The lowest BCUT2D eigenvalue weighted by Gasteiger charge is -2.19. The predicted octanol–water partition coefficient (Wildman–Crippen LogP) is 2.90. The van der Waals surface area contributed by atoms with E-state index in [9.17, 15) is 4.79 Å². The van der Waals surface area contributed by atoms with Crippen molar-refractivity contribution in [1.29, 1.82) is 0 Å². The normalized spacial score (nSPS) is 11.8. The first-order chi connectivity index (χ1) is 14.4. The minimum absolute atomic E-state index is 0.389. The third-order valence-corrected chi connectivity index (χ3v) is 4.03. The number of hydrogen-bond acceptors (Lipinski definition) is 4. The van der Waals surface area contributed by atoms with E-state index in [1.807, 2.05) is 44.8 Å². The molecule has 0 aliphatic rings. The topological polar surface area (TPSA) is 92.6 Å².